The van der Waals surface area contributed by atoms with E-state index in [9.17, 15) is 9.59 Å². The molecular weight excluding hydrogens is 266 g/mol. The average Bonchev–Trinajstić information content (AvgIpc) is 2.36. The molecule has 8 heteroatoms. The second-order valence-corrected chi connectivity index (χ2v) is 4.86. The van der Waals surface area contributed by atoms with Gasteiger partial charge in [0.2, 0.25) is 0 Å². The van der Waals surface area contributed by atoms with Crippen LogP contribution in [0.25, 0.3) is 10.4 Å². The summed E-state index contributed by atoms with van der Waals surface area (Å²) in [4.78, 5) is 24.7. The minimum Gasteiger partial charge on any atom is -0.463 e. The van der Waals surface area contributed by atoms with E-state index in [-0.39, 0.29) is 18.4 Å². The smallest absolute Gasteiger partial charge is 0.303 e. The number of ether oxygens (including phenoxy) is 3. The van der Waals surface area contributed by atoms with Crippen LogP contribution in [0, 0.1) is 11.8 Å². The molecule has 1 aliphatic heterocycles. The molecule has 1 saturated heterocycles. The van der Waals surface area contributed by atoms with E-state index in [1.54, 1.807) is 0 Å². The molecule has 0 aromatic heterocycles. The van der Waals surface area contributed by atoms with Gasteiger partial charge in [0.15, 0.2) is 6.23 Å². The molecule has 0 spiro atoms. The van der Waals surface area contributed by atoms with Crippen LogP contribution in [0.15, 0.2) is 5.11 Å². The summed E-state index contributed by atoms with van der Waals surface area (Å²) < 4.78 is 15.7. The lowest BCUT2D eigenvalue weighted by Gasteiger charge is -2.42. The lowest BCUT2D eigenvalue weighted by Crippen LogP contribution is -2.51. The van der Waals surface area contributed by atoms with Crippen LogP contribution in [0.5, 0.6) is 0 Å². The molecule has 0 aliphatic carbocycles. The molecule has 0 radical (unpaired) electrons. The van der Waals surface area contributed by atoms with E-state index < -0.39 is 30.4 Å². The first-order valence-corrected chi connectivity index (χ1v) is 6.37. The number of azide groups is 1. The predicted octanol–water partition coefficient (Wildman–Crippen LogP) is 1.79. The van der Waals surface area contributed by atoms with Gasteiger partial charge in [-0.1, -0.05) is 19.0 Å². The molecule has 1 heterocycles. The molecule has 5 unspecified atom stereocenters. The summed E-state index contributed by atoms with van der Waals surface area (Å²) in [5.41, 5.74) is 8.58. The van der Waals surface area contributed by atoms with E-state index >= 15 is 0 Å². The van der Waals surface area contributed by atoms with Crippen molar-refractivity contribution < 1.29 is 23.8 Å². The number of nitrogens with zero attached hydrogens (tertiary/aromatic N) is 3. The Morgan fingerprint density at radius 3 is 2.40 bits per heavy atom. The van der Waals surface area contributed by atoms with Crippen molar-refractivity contribution >= 4 is 11.9 Å². The normalized spacial score (nSPS) is 32.9. The molecule has 0 N–H and O–H groups in total. The van der Waals surface area contributed by atoms with Crippen molar-refractivity contribution in [3.63, 3.8) is 0 Å². The van der Waals surface area contributed by atoms with Gasteiger partial charge in [-0.25, -0.2) is 0 Å². The molecule has 1 rings (SSSR count). The zero-order chi connectivity index (χ0) is 15.3. The van der Waals surface area contributed by atoms with Crippen molar-refractivity contribution in [2.45, 2.75) is 46.1 Å². The number of esters is 2. The van der Waals surface area contributed by atoms with E-state index in [2.05, 4.69) is 10.0 Å². The van der Waals surface area contributed by atoms with Crippen molar-refractivity contribution in [2.75, 3.05) is 6.61 Å². The first-order chi connectivity index (χ1) is 9.36. The van der Waals surface area contributed by atoms with Crippen LogP contribution in [0.3, 0.4) is 0 Å². The Hall–Kier alpha value is -1.79. The maximum Gasteiger partial charge on any atom is 0.303 e. The van der Waals surface area contributed by atoms with Crippen molar-refractivity contribution in [3.8, 4) is 0 Å². The Morgan fingerprint density at radius 2 is 1.90 bits per heavy atom. The molecular formula is C12H19N3O5. The minimum atomic E-state index is -0.921. The van der Waals surface area contributed by atoms with E-state index in [1.165, 1.54) is 13.8 Å². The molecule has 8 nitrogen and oxygen atoms in total. The lowest BCUT2D eigenvalue weighted by molar-refractivity contribution is -0.201. The van der Waals surface area contributed by atoms with Crippen LogP contribution in [-0.2, 0) is 23.8 Å². The van der Waals surface area contributed by atoms with Gasteiger partial charge < -0.3 is 14.2 Å². The van der Waals surface area contributed by atoms with E-state index in [0.717, 1.165) is 0 Å². The highest BCUT2D eigenvalue weighted by Crippen LogP contribution is 2.33. The van der Waals surface area contributed by atoms with Crippen LogP contribution in [0.1, 0.15) is 27.7 Å². The third kappa shape index (κ3) is 4.11. The van der Waals surface area contributed by atoms with Gasteiger partial charge in [0.1, 0.15) is 12.7 Å². The van der Waals surface area contributed by atoms with Gasteiger partial charge in [0.05, 0.1) is 6.10 Å². The summed E-state index contributed by atoms with van der Waals surface area (Å²) >= 11 is 0. The minimum absolute atomic E-state index is 0.0242. The number of hydrogen-bond donors (Lipinski definition) is 0. The van der Waals surface area contributed by atoms with Gasteiger partial charge in [-0.05, 0) is 11.4 Å². The predicted molar refractivity (Wildman–Crippen MR) is 68.3 cm³/mol. The third-order valence-corrected chi connectivity index (χ3v) is 3.45. The third-order valence-electron chi connectivity index (χ3n) is 3.45. The van der Waals surface area contributed by atoms with E-state index in [4.69, 9.17) is 19.7 Å². The monoisotopic (exact) mass is 285 g/mol. The largest absolute Gasteiger partial charge is 0.463 e. The van der Waals surface area contributed by atoms with Crippen molar-refractivity contribution in [2.24, 2.45) is 17.0 Å². The van der Waals surface area contributed by atoms with Crippen molar-refractivity contribution in [1.82, 2.24) is 0 Å². The summed E-state index contributed by atoms with van der Waals surface area (Å²) in [5, 5.41) is 3.52. The zero-order valence-electron chi connectivity index (χ0n) is 12.0. The van der Waals surface area contributed by atoms with Gasteiger partial charge >= 0.3 is 11.9 Å². The number of carbonyl (C=O) groups excluding carboxylic acids is 2. The zero-order valence-corrected chi connectivity index (χ0v) is 12.0. The molecule has 112 valence electrons. The second kappa shape index (κ2) is 7.12. The molecule has 0 saturated carbocycles. The Bertz CT molecular complexity index is 419. The molecule has 5 atom stereocenters. The molecule has 0 amide bonds. The van der Waals surface area contributed by atoms with Gasteiger partial charge in [0.25, 0.3) is 0 Å². The van der Waals surface area contributed by atoms with Crippen LogP contribution < -0.4 is 0 Å². The van der Waals surface area contributed by atoms with Crippen molar-refractivity contribution in [3.05, 3.63) is 10.4 Å². The first-order valence-electron chi connectivity index (χ1n) is 6.37. The van der Waals surface area contributed by atoms with E-state index in [0.29, 0.717) is 0 Å². The topological polar surface area (TPSA) is 111 Å². The van der Waals surface area contributed by atoms with Crippen LogP contribution in [0.4, 0.5) is 0 Å². The Balaban J connectivity index is 2.84. The van der Waals surface area contributed by atoms with Gasteiger partial charge in [-0.3, -0.25) is 9.59 Å². The maximum atomic E-state index is 11.1. The highest BCUT2D eigenvalue weighted by Gasteiger charge is 2.43. The first kappa shape index (κ1) is 16.3. The molecule has 0 aromatic carbocycles. The standard InChI is InChI=1S/C12H19N3O5/c1-6-7(2)11(19-9(4)17)12(14-15-13)20-10(6)5-18-8(3)16/h6-7,10-12H,5H2,1-4H3. The number of rotatable bonds is 4. The summed E-state index contributed by atoms with van der Waals surface area (Å²) in [6.45, 7) is 6.45. The SMILES string of the molecule is CC(=O)OCC1OC(N=[N+]=[N-])C(OC(C)=O)C(C)C1C. The summed E-state index contributed by atoms with van der Waals surface area (Å²) in [7, 11) is 0. The number of hydrogen-bond acceptors (Lipinski definition) is 6. The summed E-state index contributed by atoms with van der Waals surface area (Å²) in [6.07, 6.45) is -1.97. The van der Waals surface area contributed by atoms with Crippen LogP contribution in [-0.4, -0.2) is 37.0 Å². The highest BCUT2D eigenvalue weighted by molar-refractivity contribution is 5.66. The Morgan fingerprint density at radius 1 is 1.25 bits per heavy atom. The van der Waals surface area contributed by atoms with Gasteiger partial charge in [-0.2, -0.15) is 0 Å². The second-order valence-electron chi connectivity index (χ2n) is 4.86. The Kier molecular flexibility index (Phi) is 5.79. The molecule has 0 bridgehead atoms. The fourth-order valence-corrected chi connectivity index (χ4v) is 2.17. The fourth-order valence-electron chi connectivity index (χ4n) is 2.17. The fraction of sp³-hybridized carbons (Fsp3) is 0.833. The van der Waals surface area contributed by atoms with E-state index in [1.807, 2.05) is 13.8 Å². The van der Waals surface area contributed by atoms with Gasteiger partial charge in [-0.15, -0.1) is 0 Å². The molecule has 20 heavy (non-hydrogen) atoms. The lowest BCUT2D eigenvalue weighted by atomic mass is 9.83. The maximum absolute atomic E-state index is 11.1. The van der Waals surface area contributed by atoms with Crippen LogP contribution >= 0.6 is 0 Å². The molecule has 0 aromatic rings. The van der Waals surface area contributed by atoms with Gasteiger partial charge in [0, 0.05) is 24.7 Å². The number of carbonyl (C=O) groups is 2. The summed E-state index contributed by atoms with van der Waals surface area (Å²) in [5.74, 6) is -0.988. The Labute approximate surface area is 117 Å². The summed E-state index contributed by atoms with van der Waals surface area (Å²) in [6, 6.07) is 0. The van der Waals surface area contributed by atoms with Crippen LogP contribution in [0.2, 0.25) is 0 Å². The van der Waals surface area contributed by atoms with Crippen molar-refractivity contribution in [1.29, 1.82) is 0 Å². The highest BCUT2D eigenvalue weighted by atomic mass is 16.6. The molecule has 1 aliphatic rings. The average molecular weight is 285 g/mol. The quantitative estimate of drug-likeness (QED) is 0.338. The molecule has 1 fully saturated rings.